The lowest BCUT2D eigenvalue weighted by atomic mass is 10.2. The lowest BCUT2D eigenvalue weighted by Gasteiger charge is -2.10. The summed E-state index contributed by atoms with van der Waals surface area (Å²) in [4.78, 5) is 24.0. The number of fused-ring (bicyclic) bond motifs is 1. The number of amides is 1. The van der Waals surface area contributed by atoms with Crippen LogP contribution in [0.25, 0.3) is 10.9 Å². The van der Waals surface area contributed by atoms with Crippen LogP contribution in [0.1, 0.15) is 10.4 Å². The molecule has 0 fully saturated rings. The molecule has 1 aromatic heterocycles. The Hall–Kier alpha value is -3.15. The zero-order chi connectivity index (χ0) is 17.1. The summed E-state index contributed by atoms with van der Waals surface area (Å²) in [7, 11) is 1.28. The number of nitrogens with zero attached hydrogens (tertiary/aromatic N) is 1. The van der Waals surface area contributed by atoms with E-state index >= 15 is 0 Å². The Kier molecular flexibility index (Phi) is 4.29. The molecule has 2 aromatic carbocycles. The molecular weight excluding hydrogens is 311 g/mol. The van der Waals surface area contributed by atoms with E-state index in [2.05, 4.69) is 5.32 Å². The van der Waals surface area contributed by atoms with Crippen LogP contribution in [0.4, 0.5) is 10.1 Å². The summed E-state index contributed by atoms with van der Waals surface area (Å²) in [6.45, 7) is 0.0463. The average molecular weight is 326 g/mol. The second kappa shape index (κ2) is 6.54. The first-order chi connectivity index (χ1) is 11.6. The third-order valence-corrected chi connectivity index (χ3v) is 3.65. The molecule has 0 aliphatic rings. The highest BCUT2D eigenvalue weighted by Gasteiger charge is 2.14. The second-order valence-corrected chi connectivity index (χ2v) is 5.23. The molecule has 0 saturated heterocycles. The normalized spacial score (nSPS) is 10.6. The monoisotopic (exact) mass is 326 g/mol. The lowest BCUT2D eigenvalue weighted by molar-refractivity contribution is -0.116. The first kappa shape index (κ1) is 15.7. The van der Waals surface area contributed by atoms with Crippen LogP contribution >= 0.6 is 0 Å². The quantitative estimate of drug-likeness (QED) is 0.749. The predicted molar refractivity (Wildman–Crippen MR) is 88.3 cm³/mol. The molecule has 1 amide bonds. The Labute approximate surface area is 137 Å². The zero-order valence-electron chi connectivity index (χ0n) is 13.0. The first-order valence-corrected chi connectivity index (χ1v) is 7.30. The van der Waals surface area contributed by atoms with Gasteiger partial charge in [0.2, 0.25) is 5.91 Å². The molecule has 0 saturated carbocycles. The molecule has 0 spiro atoms. The molecule has 3 aromatic rings. The van der Waals surface area contributed by atoms with Crippen molar-refractivity contribution in [1.82, 2.24) is 4.57 Å². The molecule has 0 bridgehead atoms. The number of carbonyl (C=O) groups is 2. The number of hydrogen-bond acceptors (Lipinski definition) is 3. The molecule has 6 heteroatoms. The Morgan fingerprint density at radius 1 is 1.17 bits per heavy atom. The molecule has 0 unspecified atom stereocenters. The molecule has 0 radical (unpaired) electrons. The number of carbonyl (C=O) groups excluding carboxylic acids is 2. The molecule has 5 nitrogen and oxygen atoms in total. The van der Waals surface area contributed by atoms with Crippen molar-refractivity contribution in [2.45, 2.75) is 6.54 Å². The lowest BCUT2D eigenvalue weighted by Crippen LogP contribution is -2.20. The third kappa shape index (κ3) is 3.12. The minimum atomic E-state index is -0.521. The van der Waals surface area contributed by atoms with E-state index in [0.717, 1.165) is 10.9 Å². The molecule has 0 aliphatic heterocycles. The third-order valence-electron chi connectivity index (χ3n) is 3.65. The number of rotatable bonds is 4. The highest BCUT2D eigenvalue weighted by Crippen LogP contribution is 2.19. The van der Waals surface area contributed by atoms with Crippen molar-refractivity contribution in [3.63, 3.8) is 0 Å². The highest BCUT2D eigenvalue weighted by molar-refractivity contribution is 6.01. The SMILES string of the molecule is COC(=O)c1ccccc1NC(=O)Cn1ccc2cc(F)ccc21. The molecule has 3 rings (SSSR count). The fourth-order valence-electron chi connectivity index (χ4n) is 2.53. The van der Waals surface area contributed by atoms with Crippen molar-refractivity contribution < 1.29 is 18.7 Å². The van der Waals surface area contributed by atoms with Crippen molar-refractivity contribution in [2.24, 2.45) is 0 Å². The number of para-hydroxylation sites is 1. The van der Waals surface area contributed by atoms with E-state index in [4.69, 9.17) is 4.74 Å². The number of hydrogen-bond donors (Lipinski definition) is 1. The van der Waals surface area contributed by atoms with Crippen LogP contribution in [-0.2, 0) is 16.1 Å². The summed E-state index contributed by atoms with van der Waals surface area (Å²) in [6, 6.07) is 12.8. The molecular formula is C18H15FN2O3. The topological polar surface area (TPSA) is 60.3 Å². The Balaban J connectivity index is 1.80. The Morgan fingerprint density at radius 3 is 2.75 bits per heavy atom. The van der Waals surface area contributed by atoms with Crippen LogP contribution in [0.5, 0.6) is 0 Å². The zero-order valence-corrected chi connectivity index (χ0v) is 13.0. The molecule has 0 atom stereocenters. The van der Waals surface area contributed by atoms with Crippen LogP contribution in [0.15, 0.2) is 54.7 Å². The fraction of sp³-hybridized carbons (Fsp3) is 0.111. The van der Waals surface area contributed by atoms with Gasteiger partial charge in [-0.3, -0.25) is 4.79 Å². The molecule has 24 heavy (non-hydrogen) atoms. The van der Waals surface area contributed by atoms with Crippen molar-refractivity contribution in [1.29, 1.82) is 0 Å². The Morgan fingerprint density at radius 2 is 1.96 bits per heavy atom. The van der Waals surface area contributed by atoms with Gasteiger partial charge in [0.1, 0.15) is 12.4 Å². The van der Waals surface area contributed by atoms with Gasteiger partial charge < -0.3 is 14.6 Å². The van der Waals surface area contributed by atoms with Crippen LogP contribution < -0.4 is 5.32 Å². The molecule has 122 valence electrons. The van der Waals surface area contributed by atoms with E-state index in [1.807, 2.05) is 0 Å². The summed E-state index contributed by atoms with van der Waals surface area (Å²) >= 11 is 0. The van der Waals surface area contributed by atoms with Gasteiger partial charge in [0.25, 0.3) is 0 Å². The van der Waals surface area contributed by atoms with Gasteiger partial charge in [-0.25, -0.2) is 9.18 Å². The minimum Gasteiger partial charge on any atom is -0.465 e. The Bertz CT molecular complexity index is 918. The minimum absolute atomic E-state index is 0.0463. The first-order valence-electron chi connectivity index (χ1n) is 7.30. The molecule has 1 heterocycles. The van der Waals surface area contributed by atoms with Gasteiger partial charge in [-0.05, 0) is 36.4 Å². The fourth-order valence-corrected chi connectivity index (χ4v) is 2.53. The van der Waals surface area contributed by atoms with Crippen molar-refractivity contribution in [3.8, 4) is 0 Å². The predicted octanol–water partition coefficient (Wildman–Crippen LogP) is 3.21. The maximum atomic E-state index is 13.2. The number of benzene rings is 2. The van der Waals surface area contributed by atoms with Gasteiger partial charge in [0.05, 0.1) is 18.4 Å². The van der Waals surface area contributed by atoms with Crippen LogP contribution in [0.2, 0.25) is 0 Å². The van der Waals surface area contributed by atoms with E-state index in [0.29, 0.717) is 5.69 Å². The van der Waals surface area contributed by atoms with E-state index < -0.39 is 5.97 Å². The smallest absolute Gasteiger partial charge is 0.339 e. The van der Waals surface area contributed by atoms with Gasteiger partial charge in [0.15, 0.2) is 0 Å². The van der Waals surface area contributed by atoms with E-state index in [-0.39, 0.29) is 23.8 Å². The van der Waals surface area contributed by atoms with Gasteiger partial charge in [-0.15, -0.1) is 0 Å². The summed E-state index contributed by atoms with van der Waals surface area (Å²) in [5.74, 6) is -1.14. The highest BCUT2D eigenvalue weighted by atomic mass is 19.1. The van der Waals surface area contributed by atoms with E-state index in [1.54, 1.807) is 47.2 Å². The summed E-state index contributed by atoms with van der Waals surface area (Å²) in [6.07, 6.45) is 1.72. The van der Waals surface area contributed by atoms with Gasteiger partial charge in [-0.1, -0.05) is 12.1 Å². The summed E-state index contributed by atoms with van der Waals surface area (Å²) in [5, 5.41) is 3.43. The largest absolute Gasteiger partial charge is 0.465 e. The number of ether oxygens (including phenoxy) is 1. The van der Waals surface area contributed by atoms with Crippen molar-refractivity contribution in [2.75, 3.05) is 12.4 Å². The van der Waals surface area contributed by atoms with Crippen molar-refractivity contribution in [3.05, 3.63) is 66.1 Å². The number of nitrogens with one attached hydrogen (secondary N) is 1. The second-order valence-electron chi connectivity index (χ2n) is 5.23. The number of methoxy groups -OCH3 is 1. The van der Waals surface area contributed by atoms with Crippen LogP contribution in [0, 0.1) is 5.82 Å². The van der Waals surface area contributed by atoms with E-state index in [1.165, 1.54) is 19.2 Å². The van der Waals surface area contributed by atoms with Gasteiger partial charge >= 0.3 is 5.97 Å². The van der Waals surface area contributed by atoms with Crippen LogP contribution in [0.3, 0.4) is 0 Å². The van der Waals surface area contributed by atoms with Gasteiger partial charge in [0, 0.05) is 17.1 Å². The molecule has 0 aliphatic carbocycles. The average Bonchev–Trinajstić information content (AvgIpc) is 2.96. The number of halogens is 1. The van der Waals surface area contributed by atoms with E-state index in [9.17, 15) is 14.0 Å². The number of aromatic nitrogens is 1. The maximum absolute atomic E-state index is 13.2. The number of anilines is 1. The standard InChI is InChI=1S/C18H15FN2O3/c1-24-18(23)14-4-2-3-5-15(14)20-17(22)11-21-9-8-12-10-13(19)6-7-16(12)21/h2-10H,11H2,1H3,(H,20,22). The van der Waals surface area contributed by atoms with Crippen LogP contribution in [-0.4, -0.2) is 23.6 Å². The maximum Gasteiger partial charge on any atom is 0.339 e. The summed E-state index contributed by atoms with van der Waals surface area (Å²) < 4.78 is 19.6. The van der Waals surface area contributed by atoms with Crippen molar-refractivity contribution >= 4 is 28.5 Å². The summed E-state index contributed by atoms with van der Waals surface area (Å²) in [5.41, 5.74) is 1.43. The number of esters is 1. The van der Waals surface area contributed by atoms with Gasteiger partial charge in [-0.2, -0.15) is 0 Å². The molecule has 1 N–H and O–H groups in total.